The Balaban J connectivity index is 1.97. The minimum absolute atomic E-state index is 0.0454. The molecular formula is C17H34O4Si. The van der Waals surface area contributed by atoms with Gasteiger partial charge in [0.05, 0.1) is 24.4 Å². The molecule has 1 aliphatic heterocycles. The molecule has 0 unspecified atom stereocenters. The molecule has 0 amide bonds. The van der Waals surface area contributed by atoms with Gasteiger partial charge in [-0.1, -0.05) is 0 Å². The topological polar surface area (TPSA) is 47.9 Å². The van der Waals surface area contributed by atoms with Crippen molar-refractivity contribution in [2.45, 2.75) is 95.4 Å². The Labute approximate surface area is 136 Å². The molecule has 0 aromatic rings. The van der Waals surface area contributed by atoms with E-state index in [0.717, 1.165) is 58.2 Å². The Kier molecular flexibility index (Phi) is 5.45. The van der Waals surface area contributed by atoms with Gasteiger partial charge in [-0.25, -0.2) is 0 Å². The average molecular weight is 331 g/mol. The smallest absolute Gasteiger partial charge is 0.184 e. The quantitative estimate of drug-likeness (QED) is 0.752. The molecule has 5 heteroatoms. The second-order valence-electron chi connectivity index (χ2n) is 8.67. The molecule has 0 aromatic heterocycles. The molecule has 0 radical (unpaired) electrons. The molecule has 1 aliphatic carbocycles. The second kappa shape index (κ2) is 6.52. The fourth-order valence-corrected chi connectivity index (χ4v) is 5.37. The van der Waals surface area contributed by atoms with E-state index in [0.29, 0.717) is 0 Å². The summed E-state index contributed by atoms with van der Waals surface area (Å²) in [5.74, 6) is -0.331. The normalized spacial score (nSPS) is 24.8. The third kappa shape index (κ3) is 5.30. The molecule has 2 aliphatic rings. The van der Waals surface area contributed by atoms with E-state index >= 15 is 0 Å². The van der Waals surface area contributed by atoms with Gasteiger partial charge >= 0.3 is 0 Å². The predicted molar refractivity (Wildman–Crippen MR) is 90.4 cm³/mol. The first-order valence-electron chi connectivity index (χ1n) is 8.74. The molecule has 2 rings (SSSR count). The van der Waals surface area contributed by atoms with Gasteiger partial charge in [-0.3, -0.25) is 0 Å². The summed E-state index contributed by atoms with van der Waals surface area (Å²) < 4.78 is 18.3. The minimum atomic E-state index is -1.61. The number of hydrogen-bond donors (Lipinski definition) is 1. The van der Waals surface area contributed by atoms with Crippen LogP contribution in [0.25, 0.3) is 0 Å². The van der Waals surface area contributed by atoms with Crippen LogP contribution in [0.4, 0.5) is 0 Å². The molecule has 0 bridgehead atoms. The first kappa shape index (κ1) is 18.4. The maximum absolute atomic E-state index is 9.96. The fraction of sp³-hybridized carbons (Fsp3) is 1.00. The molecule has 1 saturated carbocycles. The van der Waals surface area contributed by atoms with Gasteiger partial charge in [0.15, 0.2) is 14.1 Å². The summed E-state index contributed by atoms with van der Waals surface area (Å²) in [7, 11) is -1.61. The summed E-state index contributed by atoms with van der Waals surface area (Å²) in [5.41, 5.74) is -0.635. The Bertz CT molecular complexity index is 354. The van der Waals surface area contributed by atoms with E-state index in [2.05, 4.69) is 19.6 Å². The van der Waals surface area contributed by atoms with Gasteiger partial charge in [0.2, 0.25) is 0 Å². The highest BCUT2D eigenvalue weighted by Gasteiger charge is 2.47. The lowest BCUT2D eigenvalue weighted by molar-refractivity contribution is -0.201. The number of aliphatic hydroxyl groups is 1. The maximum atomic E-state index is 9.96. The van der Waals surface area contributed by atoms with E-state index in [9.17, 15) is 5.11 Å². The molecule has 1 N–H and O–H groups in total. The lowest BCUT2D eigenvalue weighted by Crippen LogP contribution is -2.49. The molecule has 1 spiro atoms. The highest BCUT2D eigenvalue weighted by Crippen LogP contribution is 2.45. The minimum Gasteiger partial charge on any atom is -0.412 e. The fourth-order valence-electron chi connectivity index (χ4n) is 3.77. The maximum Gasteiger partial charge on any atom is 0.184 e. The molecule has 0 atom stereocenters. The Morgan fingerprint density at radius 2 is 1.59 bits per heavy atom. The van der Waals surface area contributed by atoms with Crippen LogP contribution in [0.15, 0.2) is 0 Å². The van der Waals surface area contributed by atoms with E-state index in [4.69, 9.17) is 13.9 Å². The van der Waals surface area contributed by atoms with Crippen molar-refractivity contribution in [2.75, 3.05) is 13.2 Å². The van der Waals surface area contributed by atoms with Crippen LogP contribution >= 0.6 is 0 Å². The van der Waals surface area contributed by atoms with E-state index in [1.807, 2.05) is 13.8 Å². The number of hydrogen-bond acceptors (Lipinski definition) is 4. The van der Waals surface area contributed by atoms with Crippen LogP contribution in [0.1, 0.15) is 58.8 Å². The summed E-state index contributed by atoms with van der Waals surface area (Å²) in [4.78, 5) is 0. The largest absolute Gasteiger partial charge is 0.412 e. The monoisotopic (exact) mass is 330 g/mol. The van der Waals surface area contributed by atoms with Crippen LogP contribution in [0, 0.1) is 0 Å². The van der Waals surface area contributed by atoms with Crippen molar-refractivity contribution in [3.8, 4) is 0 Å². The summed E-state index contributed by atoms with van der Waals surface area (Å²) >= 11 is 0. The van der Waals surface area contributed by atoms with Crippen molar-refractivity contribution in [3.05, 3.63) is 0 Å². The Hall–Kier alpha value is 0.0569. The molecule has 1 heterocycles. The SMILES string of the molecule is CC(C)(O)CCCC1(O[Si](C)(C)C)CCC2(CC1)OCCO2. The van der Waals surface area contributed by atoms with Crippen molar-refractivity contribution < 1.29 is 19.0 Å². The van der Waals surface area contributed by atoms with Gasteiger partial charge in [0, 0.05) is 12.8 Å². The van der Waals surface area contributed by atoms with Gasteiger partial charge < -0.3 is 19.0 Å². The van der Waals surface area contributed by atoms with E-state index in [1.165, 1.54) is 0 Å². The van der Waals surface area contributed by atoms with Gasteiger partial charge in [-0.15, -0.1) is 0 Å². The van der Waals surface area contributed by atoms with E-state index in [1.54, 1.807) is 0 Å². The highest BCUT2D eigenvalue weighted by atomic mass is 28.4. The first-order chi connectivity index (χ1) is 10.0. The van der Waals surface area contributed by atoms with Crippen LogP contribution < -0.4 is 0 Å². The van der Waals surface area contributed by atoms with Crippen molar-refractivity contribution in [2.24, 2.45) is 0 Å². The third-order valence-corrected chi connectivity index (χ3v) is 5.73. The lowest BCUT2D eigenvalue weighted by Gasteiger charge is -2.47. The molecule has 130 valence electrons. The van der Waals surface area contributed by atoms with Gasteiger partial charge in [-0.05, 0) is 65.6 Å². The van der Waals surface area contributed by atoms with Crippen LogP contribution in [-0.2, 0) is 13.9 Å². The van der Waals surface area contributed by atoms with Gasteiger partial charge in [0.25, 0.3) is 0 Å². The van der Waals surface area contributed by atoms with Crippen molar-refractivity contribution in [3.63, 3.8) is 0 Å². The highest BCUT2D eigenvalue weighted by molar-refractivity contribution is 6.69. The van der Waals surface area contributed by atoms with Crippen LogP contribution in [0.5, 0.6) is 0 Å². The van der Waals surface area contributed by atoms with Gasteiger partial charge in [0.1, 0.15) is 0 Å². The van der Waals surface area contributed by atoms with E-state index in [-0.39, 0.29) is 11.4 Å². The zero-order chi connectivity index (χ0) is 16.5. The number of ether oxygens (including phenoxy) is 2. The molecule has 2 fully saturated rings. The van der Waals surface area contributed by atoms with Crippen LogP contribution in [0.3, 0.4) is 0 Å². The Morgan fingerprint density at radius 3 is 2.05 bits per heavy atom. The molecule has 4 nitrogen and oxygen atoms in total. The zero-order valence-corrected chi connectivity index (χ0v) is 16.0. The summed E-state index contributed by atoms with van der Waals surface area (Å²) in [6, 6.07) is 0. The average Bonchev–Trinajstić information content (AvgIpc) is 2.79. The van der Waals surface area contributed by atoms with Crippen molar-refractivity contribution in [1.29, 1.82) is 0 Å². The molecular weight excluding hydrogens is 296 g/mol. The van der Waals surface area contributed by atoms with Crippen LogP contribution in [0.2, 0.25) is 19.6 Å². The van der Waals surface area contributed by atoms with E-state index < -0.39 is 13.9 Å². The third-order valence-electron chi connectivity index (χ3n) is 4.68. The number of rotatable bonds is 6. The Morgan fingerprint density at radius 1 is 1.05 bits per heavy atom. The first-order valence-corrected chi connectivity index (χ1v) is 12.1. The van der Waals surface area contributed by atoms with Crippen molar-refractivity contribution in [1.82, 2.24) is 0 Å². The van der Waals surface area contributed by atoms with Gasteiger partial charge in [-0.2, -0.15) is 0 Å². The lowest BCUT2D eigenvalue weighted by atomic mass is 9.78. The summed E-state index contributed by atoms with van der Waals surface area (Å²) in [6.45, 7) is 12.0. The summed E-state index contributed by atoms with van der Waals surface area (Å²) in [6.07, 6.45) is 6.72. The molecule has 0 aromatic carbocycles. The predicted octanol–water partition coefficient (Wildman–Crippen LogP) is 3.84. The van der Waals surface area contributed by atoms with Crippen molar-refractivity contribution >= 4 is 8.32 Å². The molecule has 22 heavy (non-hydrogen) atoms. The molecule has 1 saturated heterocycles. The summed E-state index contributed by atoms with van der Waals surface area (Å²) in [5, 5.41) is 9.96. The zero-order valence-electron chi connectivity index (χ0n) is 15.0. The van der Waals surface area contributed by atoms with Crippen LogP contribution in [-0.4, -0.2) is 43.6 Å². The second-order valence-corrected chi connectivity index (χ2v) is 13.1. The standard InChI is InChI=1S/C17H34O4Si/c1-15(2,18)7-6-8-16(21-22(3,4)5)9-11-17(12-10-16)19-13-14-20-17/h18H,6-14H2,1-5H3.